The third-order valence-corrected chi connectivity index (χ3v) is 3.44. The fraction of sp³-hybridized carbons (Fsp3) is 0.188. The number of benzene rings is 2. The molecule has 0 amide bonds. The summed E-state index contributed by atoms with van der Waals surface area (Å²) in [5.41, 5.74) is 3.30. The van der Waals surface area contributed by atoms with Crippen molar-refractivity contribution in [2.75, 3.05) is 0 Å². The molecule has 1 heterocycles. The minimum absolute atomic E-state index is 0.755. The van der Waals surface area contributed by atoms with Gasteiger partial charge in [0.15, 0.2) is 0 Å². The number of aromatic nitrogens is 2. The minimum Gasteiger partial charge on any atom is -0.296 e. The summed E-state index contributed by atoms with van der Waals surface area (Å²) in [6, 6.07) is 16.1. The second kappa shape index (κ2) is 5.06. The Balaban J connectivity index is 2.24. The summed E-state index contributed by atoms with van der Waals surface area (Å²) in [4.78, 5) is 4.73. The monoisotopic (exact) mass is 270 g/mol. The zero-order valence-corrected chi connectivity index (χ0v) is 11.6. The van der Waals surface area contributed by atoms with Crippen LogP contribution in [0, 0.1) is 0 Å². The highest BCUT2D eigenvalue weighted by Gasteiger charge is 2.10. The van der Waals surface area contributed by atoms with Gasteiger partial charge in [0.05, 0.1) is 11.0 Å². The van der Waals surface area contributed by atoms with Crippen LogP contribution in [0.25, 0.3) is 16.7 Å². The van der Waals surface area contributed by atoms with Crippen LogP contribution < -0.4 is 0 Å². The summed E-state index contributed by atoms with van der Waals surface area (Å²) < 4.78 is 2.22. The van der Waals surface area contributed by atoms with E-state index in [1.165, 1.54) is 0 Å². The van der Waals surface area contributed by atoms with Gasteiger partial charge in [-0.05, 0) is 42.8 Å². The van der Waals surface area contributed by atoms with Crippen molar-refractivity contribution in [2.45, 2.75) is 19.8 Å². The van der Waals surface area contributed by atoms with Gasteiger partial charge in [0.25, 0.3) is 0 Å². The molecule has 0 aliphatic carbocycles. The van der Waals surface area contributed by atoms with Gasteiger partial charge in [-0.3, -0.25) is 4.57 Å². The zero-order chi connectivity index (χ0) is 13.2. The van der Waals surface area contributed by atoms with Crippen LogP contribution in [0.15, 0.2) is 48.5 Å². The van der Waals surface area contributed by atoms with E-state index in [0.717, 1.165) is 40.4 Å². The van der Waals surface area contributed by atoms with Crippen molar-refractivity contribution in [1.29, 1.82) is 0 Å². The van der Waals surface area contributed by atoms with Gasteiger partial charge in [-0.15, -0.1) is 0 Å². The van der Waals surface area contributed by atoms with Gasteiger partial charge in [0, 0.05) is 17.1 Å². The molecule has 3 heteroatoms. The highest BCUT2D eigenvalue weighted by Crippen LogP contribution is 2.23. The Morgan fingerprint density at radius 1 is 1.05 bits per heavy atom. The molecule has 0 spiro atoms. The maximum Gasteiger partial charge on any atom is 0.114 e. The largest absolute Gasteiger partial charge is 0.296 e. The normalized spacial score (nSPS) is 11.1. The Kier molecular flexibility index (Phi) is 3.26. The Bertz CT molecular complexity index is 698. The van der Waals surface area contributed by atoms with E-state index in [-0.39, 0.29) is 0 Å². The molecule has 0 saturated carbocycles. The maximum atomic E-state index is 5.97. The van der Waals surface area contributed by atoms with Gasteiger partial charge < -0.3 is 0 Å². The highest BCUT2D eigenvalue weighted by atomic mass is 35.5. The van der Waals surface area contributed by atoms with E-state index < -0.39 is 0 Å². The fourth-order valence-electron chi connectivity index (χ4n) is 2.35. The Labute approximate surface area is 117 Å². The summed E-state index contributed by atoms with van der Waals surface area (Å²) in [5.74, 6) is 1.10. The fourth-order valence-corrected chi connectivity index (χ4v) is 2.47. The molecule has 0 unspecified atom stereocenters. The van der Waals surface area contributed by atoms with E-state index in [9.17, 15) is 0 Å². The summed E-state index contributed by atoms with van der Waals surface area (Å²) >= 11 is 5.97. The van der Waals surface area contributed by atoms with Crippen LogP contribution in [-0.2, 0) is 6.42 Å². The molecule has 19 heavy (non-hydrogen) atoms. The first kappa shape index (κ1) is 12.2. The average Bonchev–Trinajstić information content (AvgIpc) is 2.78. The van der Waals surface area contributed by atoms with Gasteiger partial charge in [-0.1, -0.05) is 30.7 Å². The predicted molar refractivity (Wildman–Crippen MR) is 80.1 cm³/mol. The zero-order valence-electron chi connectivity index (χ0n) is 10.8. The molecule has 0 radical (unpaired) electrons. The molecule has 3 rings (SSSR count). The van der Waals surface area contributed by atoms with Gasteiger partial charge in [0.1, 0.15) is 5.82 Å². The van der Waals surface area contributed by atoms with Gasteiger partial charge in [-0.2, -0.15) is 0 Å². The lowest BCUT2D eigenvalue weighted by Gasteiger charge is -2.08. The first-order valence-corrected chi connectivity index (χ1v) is 6.89. The Morgan fingerprint density at radius 2 is 1.79 bits per heavy atom. The van der Waals surface area contributed by atoms with Crippen LogP contribution in [0.2, 0.25) is 5.02 Å². The third-order valence-electron chi connectivity index (χ3n) is 3.19. The molecule has 1 aromatic heterocycles. The molecule has 3 aromatic rings. The van der Waals surface area contributed by atoms with Crippen molar-refractivity contribution >= 4 is 22.6 Å². The van der Waals surface area contributed by atoms with Crippen molar-refractivity contribution in [3.05, 3.63) is 59.4 Å². The molecule has 0 saturated heterocycles. The lowest BCUT2D eigenvalue weighted by molar-refractivity contribution is 0.818. The van der Waals surface area contributed by atoms with Gasteiger partial charge >= 0.3 is 0 Å². The van der Waals surface area contributed by atoms with E-state index in [2.05, 4.69) is 23.6 Å². The smallest absolute Gasteiger partial charge is 0.114 e. The topological polar surface area (TPSA) is 17.8 Å². The number of nitrogens with zero attached hydrogens (tertiary/aromatic N) is 2. The van der Waals surface area contributed by atoms with E-state index in [4.69, 9.17) is 16.6 Å². The molecule has 0 aliphatic rings. The molecule has 96 valence electrons. The lowest BCUT2D eigenvalue weighted by Crippen LogP contribution is -2.00. The molecule has 0 aliphatic heterocycles. The molecular weight excluding hydrogens is 256 g/mol. The molecule has 0 bridgehead atoms. The molecule has 0 atom stereocenters. The number of aryl methyl sites for hydroxylation is 1. The number of hydrogen-bond acceptors (Lipinski definition) is 1. The number of rotatable bonds is 3. The van der Waals surface area contributed by atoms with Crippen LogP contribution in [0.3, 0.4) is 0 Å². The van der Waals surface area contributed by atoms with Crippen LogP contribution >= 0.6 is 11.6 Å². The van der Waals surface area contributed by atoms with Crippen molar-refractivity contribution in [1.82, 2.24) is 9.55 Å². The summed E-state index contributed by atoms with van der Waals surface area (Å²) in [7, 11) is 0. The maximum absolute atomic E-state index is 5.97. The quantitative estimate of drug-likeness (QED) is 0.678. The van der Waals surface area contributed by atoms with Gasteiger partial charge in [-0.25, -0.2) is 4.98 Å². The van der Waals surface area contributed by atoms with E-state index >= 15 is 0 Å². The Hall–Kier alpha value is -1.80. The van der Waals surface area contributed by atoms with Crippen LogP contribution in [0.5, 0.6) is 0 Å². The number of imidazole rings is 1. The van der Waals surface area contributed by atoms with Crippen LogP contribution in [-0.4, -0.2) is 9.55 Å². The average molecular weight is 271 g/mol. The first-order chi connectivity index (χ1) is 9.29. The molecule has 2 aromatic carbocycles. The van der Waals surface area contributed by atoms with Crippen molar-refractivity contribution < 1.29 is 0 Å². The van der Waals surface area contributed by atoms with Crippen molar-refractivity contribution in [3.8, 4) is 5.69 Å². The first-order valence-electron chi connectivity index (χ1n) is 6.52. The third kappa shape index (κ3) is 2.24. The summed E-state index contributed by atoms with van der Waals surface area (Å²) in [6.07, 6.45) is 2.05. The molecular formula is C16H15ClN2. The summed E-state index contributed by atoms with van der Waals surface area (Å²) in [6.45, 7) is 2.17. The SMILES string of the molecule is CCCc1nc2ccccc2n1-c1ccc(Cl)cc1. The van der Waals surface area contributed by atoms with Crippen LogP contribution in [0.1, 0.15) is 19.2 Å². The lowest BCUT2D eigenvalue weighted by atomic mass is 10.2. The molecule has 0 N–H and O–H groups in total. The predicted octanol–water partition coefficient (Wildman–Crippen LogP) is 4.63. The van der Waals surface area contributed by atoms with E-state index in [1.807, 2.05) is 36.4 Å². The molecule has 2 nitrogen and oxygen atoms in total. The van der Waals surface area contributed by atoms with Crippen molar-refractivity contribution in [2.24, 2.45) is 0 Å². The minimum atomic E-state index is 0.755. The van der Waals surface area contributed by atoms with E-state index in [0.29, 0.717) is 0 Å². The van der Waals surface area contributed by atoms with Crippen molar-refractivity contribution in [3.63, 3.8) is 0 Å². The number of para-hydroxylation sites is 2. The standard InChI is InChI=1S/C16H15ClN2/c1-2-5-16-18-14-6-3-4-7-15(14)19(16)13-10-8-12(17)9-11-13/h3-4,6-11H,2,5H2,1H3. The molecule has 0 fully saturated rings. The van der Waals surface area contributed by atoms with E-state index in [1.54, 1.807) is 0 Å². The van der Waals surface area contributed by atoms with Gasteiger partial charge in [0.2, 0.25) is 0 Å². The number of halogens is 1. The highest BCUT2D eigenvalue weighted by molar-refractivity contribution is 6.30. The second-order valence-electron chi connectivity index (χ2n) is 4.58. The van der Waals surface area contributed by atoms with Crippen LogP contribution in [0.4, 0.5) is 0 Å². The second-order valence-corrected chi connectivity index (χ2v) is 5.02. The number of hydrogen-bond donors (Lipinski definition) is 0. The Morgan fingerprint density at radius 3 is 2.53 bits per heavy atom. The summed E-state index contributed by atoms with van der Waals surface area (Å²) in [5, 5.41) is 0.755. The number of fused-ring (bicyclic) bond motifs is 1.